The second-order valence-electron chi connectivity index (χ2n) is 2.96. The van der Waals surface area contributed by atoms with E-state index in [1.54, 1.807) is 6.08 Å². The molecule has 0 aliphatic rings. The van der Waals surface area contributed by atoms with Crippen LogP contribution in [-0.2, 0) is 9.59 Å². The first-order valence-electron chi connectivity index (χ1n) is 4.94. The van der Waals surface area contributed by atoms with E-state index in [1.165, 1.54) is 25.7 Å². The Balaban J connectivity index is 0. The van der Waals surface area contributed by atoms with Gasteiger partial charge in [0, 0.05) is 0 Å². The molecule has 0 unspecified atom stereocenters. The van der Waals surface area contributed by atoms with Crippen LogP contribution in [0.15, 0.2) is 12.3 Å². The number of aliphatic hydroxyl groups is 1. The van der Waals surface area contributed by atoms with Gasteiger partial charge < -0.3 is 16.6 Å². The van der Waals surface area contributed by atoms with Gasteiger partial charge in [0.15, 0.2) is 0 Å². The van der Waals surface area contributed by atoms with Gasteiger partial charge in [0.1, 0.15) is 0 Å². The average molecular weight is 216 g/mol. The van der Waals surface area contributed by atoms with Gasteiger partial charge in [0.25, 0.3) is 0 Å². The topological polar surface area (TPSA) is 106 Å². The van der Waals surface area contributed by atoms with Crippen LogP contribution in [-0.4, -0.2) is 16.9 Å². The molecule has 0 aromatic rings. The molecule has 0 saturated heterocycles. The number of hydrogen-bond acceptors (Lipinski definition) is 3. The van der Waals surface area contributed by atoms with Crippen LogP contribution < -0.4 is 11.5 Å². The fourth-order valence-electron chi connectivity index (χ4n) is 0.764. The lowest BCUT2D eigenvalue weighted by Gasteiger charge is -1.92. The number of carbonyl (C=O) groups excluding carboxylic acids is 2. The molecule has 0 aliphatic heterocycles. The smallest absolute Gasteiger partial charge is 0.306 e. The summed E-state index contributed by atoms with van der Waals surface area (Å²) in [6.07, 6.45) is 9.06. The summed E-state index contributed by atoms with van der Waals surface area (Å²) in [6, 6.07) is 0. The first-order chi connectivity index (χ1) is 7.06. The molecule has 5 nitrogen and oxygen atoms in total. The number of allylic oxidation sites excluding steroid dienone is 1. The van der Waals surface area contributed by atoms with Crippen molar-refractivity contribution in [1.29, 1.82) is 0 Å². The van der Waals surface area contributed by atoms with Crippen LogP contribution in [0.2, 0.25) is 0 Å². The maximum absolute atomic E-state index is 9.45. The Hall–Kier alpha value is -1.52. The maximum atomic E-state index is 9.45. The van der Waals surface area contributed by atoms with Crippen LogP contribution in [0.5, 0.6) is 0 Å². The molecule has 0 fully saturated rings. The first kappa shape index (κ1) is 15.9. The molecule has 0 aromatic carbocycles. The van der Waals surface area contributed by atoms with E-state index in [9.17, 15) is 9.59 Å². The number of carbonyl (C=O) groups is 2. The Morgan fingerprint density at radius 1 is 1.13 bits per heavy atom. The summed E-state index contributed by atoms with van der Waals surface area (Å²) in [4.78, 5) is 18.9. The Labute approximate surface area is 90.1 Å². The van der Waals surface area contributed by atoms with Gasteiger partial charge in [-0.15, -0.1) is 0 Å². The summed E-state index contributed by atoms with van der Waals surface area (Å²) in [5.41, 5.74) is 8.64. The SMILES string of the molecule is CCCCCCC=CO.NC(=O)C(N)=O. The van der Waals surface area contributed by atoms with Crippen LogP contribution in [0.4, 0.5) is 0 Å². The normalized spacial score (nSPS) is 9.40. The number of primary amides is 2. The number of rotatable bonds is 5. The molecule has 0 atom stereocenters. The molecule has 2 amide bonds. The average Bonchev–Trinajstić information content (AvgIpc) is 2.18. The van der Waals surface area contributed by atoms with Gasteiger partial charge in [-0.25, -0.2) is 0 Å². The van der Waals surface area contributed by atoms with E-state index in [0.29, 0.717) is 0 Å². The summed E-state index contributed by atoms with van der Waals surface area (Å²) in [7, 11) is 0. The number of nitrogens with two attached hydrogens (primary N) is 2. The summed E-state index contributed by atoms with van der Waals surface area (Å²) in [5, 5.41) is 8.24. The monoisotopic (exact) mass is 216 g/mol. The molecular formula is C10H20N2O3. The third kappa shape index (κ3) is 19.1. The molecule has 88 valence electrons. The van der Waals surface area contributed by atoms with E-state index in [1.807, 2.05) is 0 Å². The van der Waals surface area contributed by atoms with Crippen LogP contribution in [0.1, 0.15) is 39.0 Å². The quantitative estimate of drug-likeness (QED) is 0.362. The molecule has 15 heavy (non-hydrogen) atoms. The van der Waals surface area contributed by atoms with Gasteiger partial charge in [-0.05, 0) is 12.8 Å². The van der Waals surface area contributed by atoms with Crippen molar-refractivity contribution >= 4 is 11.8 Å². The number of amides is 2. The molecule has 0 radical (unpaired) electrons. The second kappa shape index (κ2) is 12.5. The van der Waals surface area contributed by atoms with Gasteiger partial charge in [-0.1, -0.05) is 32.3 Å². The minimum absolute atomic E-state index is 1.02. The summed E-state index contributed by atoms with van der Waals surface area (Å²) in [5.74, 6) is -2.20. The number of hydrogen-bond donors (Lipinski definition) is 3. The van der Waals surface area contributed by atoms with Gasteiger partial charge in [0.2, 0.25) is 0 Å². The molecular weight excluding hydrogens is 196 g/mol. The molecule has 0 heterocycles. The molecule has 0 rings (SSSR count). The van der Waals surface area contributed by atoms with Crippen molar-refractivity contribution < 1.29 is 14.7 Å². The van der Waals surface area contributed by atoms with Gasteiger partial charge in [0.05, 0.1) is 6.26 Å². The number of aliphatic hydroxyl groups excluding tert-OH is 1. The van der Waals surface area contributed by atoms with Gasteiger partial charge in [-0.2, -0.15) is 0 Å². The molecule has 0 spiro atoms. The van der Waals surface area contributed by atoms with Crippen molar-refractivity contribution in [2.24, 2.45) is 11.5 Å². The molecule has 0 bridgehead atoms. The zero-order valence-electron chi connectivity index (χ0n) is 9.11. The summed E-state index contributed by atoms with van der Waals surface area (Å²) < 4.78 is 0. The maximum Gasteiger partial charge on any atom is 0.306 e. The van der Waals surface area contributed by atoms with Gasteiger partial charge >= 0.3 is 11.8 Å². The molecule has 5 heteroatoms. The van der Waals surface area contributed by atoms with E-state index in [4.69, 9.17) is 5.11 Å². The molecule has 0 aliphatic carbocycles. The highest BCUT2D eigenvalue weighted by Gasteiger charge is 1.96. The first-order valence-corrected chi connectivity index (χ1v) is 4.94. The number of unbranched alkanes of at least 4 members (excludes halogenated alkanes) is 4. The fraction of sp³-hybridized carbons (Fsp3) is 0.600. The molecule has 0 saturated carbocycles. The van der Waals surface area contributed by atoms with Crippen molar-refractivity contribution in [3.63, 3.8) is 0 Å². The van der Waals surface area contributed by atoms with Crippen LogP contribution >= 0.6 is 0 Å². The Bertz CT molecular complexity index is 191. The minimum atomic E-state index is -1.10. The third-order valence-corrected chi connectivity index (χ3v) is 1.57. The largest absolute Gasteiger partial charge is 0.516 e. The fourth-order valence-corrected chi connectivity index (χ4v) is 0.764. The third-order valence-electron chi connectivity index (χ3n) is 1.57. The van der Waals surface area contributed by atoms with E-state index < -0.39 is 11.8 Å². The van der Waals surface area contributed by atoms with Crippen molar-refractivity contribution in [2.45, 2.75) is 39.0 Å². The zero-order chi connectivity index (χ0) is 12.1. The Morgan fingerprint density at radius 2 is 1.67 bits per heavy atom. The summed E-state index contributed by atoms with van der Waals surface area (Å²) >= 11 is 0. The standard InChI is InChI=1S/C8H16O.C2H4N2O2/c1-2-3-4-5-6-7-8-9;3-1(5)2(4)6/h7-9H,2-6H2,1H3;(H2,3,5)(H2,4,6). The van der Waals surface area contributed by atoms with Crippen molar-refractivity contribution in [2.75, 3.05) is 0 Å². The van der Waals surface area contributed by atoms with E-state index >= 15 is 0 Å². The lowest BCUT2D eigenvalue weighted by atomic mass is 10.2. The van der Waals surface area contributed by atoms with Crippen molar-refractivity contribution in [3.05, 3.63) is 12.3 Å². The van der Waals surface area contributed by atoms with Crippen LogP contribution in [0, 0.1) is 0 Å². The van der Waals surface area contributed by atoms with E-state index in [2.05, 4.69) is 18.4 Å². The molecule has 0 aromatic heterocycles. The lowest BCUT2D eigenvalue weighted by Crippen LogP contribution is -2.29. The summed E-state index contributed by atoms with van der Waals surface area (Å²) in [6.45, 7) is 2.20. The van der Waals surface area contributed by atoms with Gasteiger partial charge in [-0.3, -0.25) is 9.59 Å². The zero-order valence-corrected chi connectivity index (χ0v) is 9.11. The van der Waals surface area contributed by atoms with Crippen LogP contribution in [0.25, 0.3) is 0 Å². The highest BCUT2D eigenvalue weighted by molar-refractivity contribution is 6.33. The highest BCUT2D eigenvalue weighted by atomic mass is 16.2. The Morgan fingerprint density at radius 3 is 2.00 bits per heavy atom. The van der Waals surface area contributed by atoms with Crippen LogP contribution in [0.3, 0.4) is 0 Å². The Kier molecular flexibility index (Phi) is 13.3. The van der Waals surface area contributed by atoms with Crippen molar-refractivity contribution in [1.82, 2.24) is 0 Å². The van der Waals surface area contributed by atoms with E-state index in [0.717, 1.165) is 12.7 Å². The van der Waals surface area contributed by atoms with Crippen molar-refractivity contribution in [3.8, 4) is 0 Å². The van der Waals surface area contributed by atoms with E-state index in [-0.39, 0.29) is 0 Å². The highest BCUT2D eigenvalue weighted by Crippen LogP contribution is 2.01. The molecule has 5 N–H and O–H groups in total. The predicted octanol–water partition coefficient (Wildman–Crippen LogP) is 0.986. The predicted molar refractivity (Wildman–Crippen MR) is 58.9 cm³/mol. The minimum Gasteiger partial charge on any atom is -0.516 e. The lowest BCUT2D eigenvalue weighted by molar-refractivity contribution is -0.135. The second-order valence-corrected chi connectivity index (χ2v) is 2.96.